The Labute approximate surface area is 148 Å². The molecule has 2 aliphatic rings. The highest BCUT2D eigenvalue weighted by atomic mass is 16.5. The van der Waals surface area contributed by atoms with Crippen molar-refractivity contribution in [2.75, 3.05) is 40.3 Å². The Morgan fingerprint density at radius 1 is 1.36 bits per heavy atom. The molecule has 1 unspecified atom stereocenters. The number of aliphatic hydroxyl groups is 1. The van der Waals surface area contributed by atoms with Gasteiger partial charge in [-0.05, 0) is 30.5 Å². The van der Waals surface area contributed by atoms with E-state index in [1.807, 2.05) is 34.1 Å². The highest BCUT2D eigenvalue weighted by molar-refractivity contribution is 5.88. The maximum absolute atomic E-state index is 12.3. The number of aliphatic hydroxyl groups excluding tert-OH is 1. The second-order valence-corrected chi connectivity index (χ2v) is 6.46. The molecule has 136 valence electrons. The molecule has 25 heavy (non-hydrogen) atoms. The number of hydrogen-bond donors (Lipinski definition) is 2. The number of carbonyl (C=O) groups is 1. The lowest BCUT2D eigenvalue weighted by atomic mass is 10.1. The summed E-state index contributed by atoms with van der Waals surface area (Å²) in [5, 5.41) is 13.5. The van der Waals surface area contributed by atoms with Crippen LogP contribution in [0.1, 0.15) is 24.5 Å². The summed E-state index contributed by atoms with van der Waals surface area (Å²) >= 11 is 0. The standard InChI is InChI=1S/C18H26N4O3/c1-19-18(21-9-10-22(14-5-6-14)17(24)12-21)20-11-16(23)13-3-7-15(25-2)8-4-13/h3-4,7-8,14,16,23H,5-6,9-12H2,1-2H3,(H,19,20). The monoisotopic (exact) mass is 346 g/mol. The van der Waals surface area contributed by atoms with Gasteiger partial charge in [0.15, 0.2) is 5.96 Å². The minimum absolute atomic E-state index is 0.160. The van der Waals surface area contributed by atoms with Crippen LogP contribution >= 0.6 is 0 Å². The van der Waals surface area contributed by atoms with Crippen LogP contribution in [0.25, 0.3) is 0 Å². The van der Waals surface area contributed by atoms with Gasteiger partial charge in [-0.1, -0.05) is 12.1 Å². The maximum atomic E-state index is 12.3. The highest BCUT2D eigenvalue weighted by Crippen LogP contribution is 2.28. The summed E-state index contributed by atoms with van der Waals surface area (Å²) in [5.41, 5.74) is 0.804. The third-order valence-electron chi connectivity index (χ3n) is 4.71. The molecule has 1 aliphatic carbocycles. The Morgan fingerprint density at radius 2 is 2.08 bits per heavy atom. The molecule has 1 atom stereocenters. The lowest BCUT2D eigenvalue weighted by molar-refractivity contribution is -0.135. The lowest BCUT2D eigenvalue weighted by Gasteiger charge is -2.36. The van der Waals surface area contributed by atoms with E-state index in [2.05, 4.69) is 10.3 Å². The van der Waals surface area contributed by atoms with Crippen LogP contribution in [0.5, 0.6) is 5.75 Å². The summed E-state index contributed by atoms with van der Waals surface area (Å²) in [4.78, 5) is 20.4. The quantitative estimate of drug-likeness (QED) is 0.603. The van der Waals surface area contributed by atoms with Crippen molar-refractivity contribution in [1.29, 1.82) is 0 Å². The molecule has 1 saturated carbocycles. The van der Waals surface area contributed by atoms with E-state index >= 15 is 0 Å². The molecule has 0 aromatic heterocycles. The van der Waals surface area contributed by atoms with Crippen LogP contribution in [0.3, 0.4) is 0 Å². The van der Waals surface area contributed by atoms with Gasteiger partial charge >= 0.3 is 0 Å². The average Bonchev–Trinajstić information content (AvgIpc) is 3.47. The molecular weight excluding hydrogens is 320 g/mol. The van der Waals surface area contributed by atoms with Gasteiger partial charge < -0.3 is 25.0 Å². The molecular formula is C18H26N4O3. The first-order valence-electron chi connectivity index (χ1n) is 8.69. The molecule has 2 N–H and O–H groups in total. The zero-order valence-electron chi connectivity index (χ0n) is 14.8. The topological polar surface area (TPSA) is 77.4 Å². The van der Waals surface area contributed by atoms with E-state index in [4.69, 9.17) is 4.74 Å². The van der Waals surface area contributed by atoms with E-state index in [9.17, 15) is 9.90 Å². The Kier molecular flexibility index (Phi) is 5.43. The second kappa shape index (κ2) is 7.74. The fourth-order valence-corrected chi connectivity index (χ4v) is 3.10. The van der Waals surface area contributed by atoms with Gasteiger partial charge in [-0.2, -0.15) is 0 Å². The van der Waals surface area contributed by atoms with Crippen LogP contribution in [-0.2, 0) is 4.79 Å². The number of nitrogens with zero attached hydrogens (tertiary/aromatic N) is 3. The van der Waals surface area contributed by atoms with Crippen molar-refractivity contribution in [3.63, 3.8) is 0 Å². The molecule has 7 nitrogen and oxygen atoms in total. The smallest absolute Gasteiger partial charge is 0.242 e. The number of hydrogen-bond acceptors (Lipinski definition) is 4. The largest absolute Gasteiger partial charge is 0.497 e. The Hall–Kier alpha value is -2.28. The van der Waals surface area contributed by atoms with E-state index in [-0.39, 0.29) is 5.91 Å². The zero-order valence-corrected chi connectivity index (χ0v) is 14.8. The predicted molar refractivity (Wildman–Crippen MR) is 95.6 cm³/mol. The van der Waals surface area contributed by atoms with Gasteiger partial charge in [0.25, 0.3) is 0 Å². The maximum Gasteiger partial charge on any atom is 0.242 e. The number of piperazine rings is 1. The summed E-state index contributed by atoms with van der Waals surface area (Å²) in [6.07, 6.45) is 1.60. The molecule has 0 radical (unpaired) electrons. The van der Waals surface area contributed by atoms with Crippen LogP contribution in [-0.4, -0.2) is 73.2 Å². The van der Waals surface area contributed by atoms with Crippen molar-refractivity contribution in [1.82, 2.24) is 15.1 Å². The minimum atomic E-state index is -0.661. The summed E-state index contributed by atoms with van der Waals surface area (Å²) < 4.78 is 5.12. The molecule has 0 spiro atoms. The normalized spacial score (nSPS) is 19.8. The summed E-state index contributed by atoms with van der Waals surface area (Å²) in [6, 6.07) is 7.78. The van der Waals surface area contributed by atoms with Gasteiger partial charge in [-0.3, -0.25) is 9.79 Å². The van der Waals surface area contributed by atoms with E-state index in [0.717, 1.165) is 37.2 Å². The van der Waals surface area contributed by atoms with E-state index in [0.29, 0.717) is 25.1 Å². The van der Waals surface area contributed by atoms with Crippen LogP contribution < -0.4 is 10.1 Å². The van der Waals surface area contributed by atoms with Gasteiger partial charge in [-0.15, -0.1) is 0 Å². The third kappa shape index (κ3) is 4.22. The Bertz CT molecular complexity index is 628. The molecule has 2 fully saturated rings. The number of aliphatic imine (C=N–C) groups is 1. The highest BCUT2D eigenvalue weighted by Gasteiger charge is 2.36. The number of ether oxygens (including phenoxy) is 1. The lowest BCUT2D eigenvalue weighted by Crippen LogP contribution is -2.56. The van der Waals surface area contributed by atoms with Crippen molar-refractivity contribution < 1.29 is 14.6 Å². The first kappa shape index (κ1) is 17.5. The van der Waals surface area contributed by atoms with Crippen molar-refractivity contribution >= 4 is 11.9 Å². The average molecular weight is 346 g/mol. The summed E-state index contributed by atoms with van der Waals surface area (Å²) in [7, 11) is 3.31. The molecule has 1 saturated heterocycles. The zero-order chi connectivity index (χ0) is 17.8. The molecule has 1 amide bonds. The Morgan fingerprint density at radius 3 is 2.64 bits per heavy atom. The van der Waals surface area contributed by atoms with Crippen LogP contribution in [0.4, 0.5) is 0 Å². The van der Waals surface area contributed by atoms with Crippen molar-refractivity contribution in [2.45, 2.75) is 25.0 Å². The predicted octanol–water partition coefficient (Wildman–Crippen LogP) is 0.611. The fraction of sp³-hybridized carbons (Fsp3) is 0.556. The van der Waals surface area contributed by atoms with Crippen LogP contribution in [0.2, 0.25) is 0 Å². The second-order valence-electron chi connectivity index (χ2n) is 6.46. The Balaban J connectivity index is 1.52. The number of amides is 1. The number of guanidine groups is 1. The molecule has 3 rings (SSSR count). The number of nitrogens with one attached hydrogen (secondary N) is 1. The van der Waals surface area contributed by atoms with Crippen molar-refractivity contribution in [3.05, 3.63) is 29.8 Å². The number of carbonyl (C=O) groups excluding carboxylic acids is 1. The molecule has 1 aromatic rings. The molecule has 1 heterocycles. The van der Waals surface area contributed by atoms with E-state index < -0.39 is 6.10 Å². The SMILES string of the molecule is CN=C(NCC(O)c1ccc(OC)cc1)N1CCN(C2CC2)C(=O)C1. The third-order valence-corrected chi connectivity index (χ3v) is 4.71. The number of methoxy groups -OCH3 is 1. The van der Waals surface area contributed by atoms with Gasteiger partial charge in [-0.25, -0.2) is 0 Å². The van der Waals surface area contributed by atoms with Gasteiger partial charge in [0.1, 0.15) is 5.75 Å². The first-order valence-corrected chi connectivity index (χ1v) is 8.69. The van der Waals surface area contributed by atoms with Gasteiger partial charge in [0.2, 0.25) is 5.91 Å². The minimum Gasteiger partial charge on any atom is -0.497 e. The van der Waals surface area contributed by atoms with Crippen molar-refractivity contribution in [2.24, 2.45) is 4.99 Å². The number of benzene rings is 1. The fourth-order valence-electron chi connectivity index (χ4n) is 3.10. The number of rotatable bonds is 5. The van der Waals surface area contributed by atoms with Crippen molar-refractivity contribution in [3.8, 4) is 5.75 Å². The first-order chi connectivity index (χ1) is 12.1. The van der Waals surface area contributed by atoms with Gasteiger partial charge in [0, 0.05) is 32.7 Å². The molecule has 1 aromatic carbocycles. The molecule has 0 bridgehead atoms. The van der Waals surface area contributed by atoms with Gasteiger partial charge in [0.05, 0.1) is 19.8 Å². The summed E-state index contributed by atoms with van der Waals surface area (Å²) in [5.74, 6) is 1.57. The molecule has 1 aliphatic heterocycles. The van der Waals surface area contributed by atoms with Crippen LogP contribution in [0.15, 0.2) is 29.3 Å². The van der Waals surface area contributed by atoms with E-state index in [1.165, 1.54) is 0 Å². The van der Waals surface area contributed by atoms with Crippen LogP contribution in [0, 0.1) is 0 Å². The molecule has 7 heteroatoms. The van der Waals surface area contributed by atoms with E-state index in [1.54, 1.807) is 14.2 Å². The summed E-state index contributed by atoms with van der Waals surface area (Å²) in [6.45, 7) is 2.18.